The molecule has 1 aliphatic heterocycles. The van der Waals surface area contributed by atoms with Gasteiger partial charge in [-0.3, -0.25) is 9.69 Å². The van der Waals surface area contributed by atoms with Crippen LogP contribution in [0.4, 0.5) is 9.59 Å². The summed E-state index contributed by atoms with van der Waals surface area (Å²) in [5.74, 6) is -1.09. The van der Waals surface area contributed by atoms with Crippen molar-refractivity contribution in [3.8, 4) is 0 Å². The maximum absolute atomic E-state index is 12.1. The number of hydrogen-bond donors (Lipinski definition) is 1. The van der Waals surface area contributed by atoms with Gasteiger partial charge in [0.1, 0.15) is 12.6 Å². The van der Waals surface area contributed by atoms with Crippen molar-refractivity contribution in [1.29, 1.82) is 0 Å². The predicted octanol–water partition coefficient (Wildman–Crippen LogP) is 0.738. The van der Waals surface area contributed by atoms with Gasteiger partial charge in [-0.25, -0.2) is 14.4 Å². The molecule has 1 aromatic carbocycles. The van der Waals surface area contributed by atoms with Crippen molar-refractivity contribution in [1.82, 2.24) is 15.1 Å². The molecule has 1 aromatic rings. The zero-order valence-corrected chi connectivity index (χ0v) is 14.6. The number of urea groups is 1. The number of benzene rings is 1. The molecular formula is C17H21N3O6. The molecule has 26 heavy (non-hydrogen) atoms. The lowest BCUT2D eigenvalue weighted by molar-refractivity contribution is -0.143. The van der Waals surface area contributed by atoms with Crippen LogP contribution in [0.2, 0.25) is 0 Å². The zero-order chi connectivity index (χ0) is 19.1. The van der Waals surface area contributed by atoms with Gasteiger partial charge < -0.3 is 19.7 Å². The molecule has 1 heterocycles. The van der Waals surface area contributed by atoms with Crippen LogP contribution in [0.15, 0.2) is 30.3 Å². The fourth-order valence-corrected chi connectivity index (χ4v) is 2.49. The molecule has 140 valence electrons. The molecule has 1 fully saturated rings. The largest absolute Gasteiger partial charge is 0.467 e. The van der Waals surface area contributed by atoms with Crippen LogP contribution in [0.25, 0.3) is 0 Å². The Morgan fingerprint density at radius 2 is 1.88 bits per heavy atom. The summed E-state index contributed by atoms with van der Waals surface area (Å²) in [6, 6.07) is 7.45. The van der Waals surface area contributed by atoms with E-state index in [0.29, 0.717) is 0 Å². The number of hydrogen-bond acceptors (Lipinski definition) is 6. The van der Waals surface area contributed by atoms with Crippen LogP contribution in [0, 0.1) is 0 Å². The van der Waals surface area contributed by atoms with Crippen LogP contribution in [0.1, 0.15) is 12.5 Å². The minimum atomic E-state index is -1.10. The van der Waals surface area contributed by atoms with Crippen LogP contribution < -0.4 is 5.32 Å². The van der Waals surface area contributed by atoms with E-state index in [2.05, 4.69) is 10.1 Å². The number of amides is 4. The van der Waals surface area contributed by atoms with Crippen molar-refractivity contribution >= 4 is 24.0 Å². The van der Waals surface area contributed by atoms with Crippen LogP contribution in [0.3, 0.4) is 0 Å². The second-order valence-corrected chi connectivity index (χ2v) is 5.68. The number of rotatable bonds is 6. The number of imide groups is 1. The summed E-state index contributed by atoms with van der Waals surface area (Å²) >= 11 is 0. The molecule has 1 aliphatic rings. The third-order valence-corrected chi connectivity index (χ3v) is 3.87. The first-order chi connectivity index (χ1) is 12.4. The van der Waals surface area contributed by atoms with Gasteiger partial charge in [0.25, 0.3) is 0 Å². The van der Waals surface area contributed by atoms with Gasteiger partial charge >= 0.3 is 18.1 Å². The van der Waals surface area contributed by atoms with Crippen molar-refractivity contribution in [2.45, 2.75) is 19.6 Å². The fourth-order valence-electron chi connectivity index (χ4n) is 2.49. The molecule has 9 nitrogen and oxygen atoms in total. The normalized spacial score (nSPS) is 14.8. The van der Waals surface area contributed by atoms with Crippen LogP contribution in [-0.4, -0.2) is 66.6 Å². The highest BCUT2D eigenvalue weighted by molar-refractivity contribution is 5.95. The SMILES string of the molecule is COC(=O)C(CN1CCN(C(C)=O)C1=O)NC(=O)OCc1ccccc1. The van der Waals surface area contributed by atoms with Crippen LogP contribution >= 0.6 is 0 Å². The first-order valence-electron chi connectivity index (χ1n) is 8.04. The topological polar surface area (TPSA) is 105 Å². The van der Waals surface area contributed by atoms with E-state index in [0.717, 1.165) is 10.5 Å². The number of carbonyl (C=O) groups is 4. The summed E-state index contributed by atoms with van der Waals surface area (Å²) in [6.07, 6.45) is -0.806. The van der Waals surface area contributed by atoms with Crippen molar-refractivity contribution in [3.63, 3.8) is 0 Å². The molecule has 0 bridgehead atoms. The van der Waals surface area contributed by atoms with E-state index in [1.54, 1.807) is 12.1 Å². The molecule has 9 heteroatoms. The number of methoxy groups -OCH3 is 1. The zero-order valence-electron chi connectivity index (χ0n) is 14.6. The Kier molecular flexibility index (Phi) is 6.54. The second-order valence-electron chi connectivity index (χ2n) is 5.68. The standard InChI is InChI=1S/C17H21N3O6/c1-12(21)20-9-8-19(17(20)24)10-14(15(22)25-2)18-16(23)26-11-13-6-4-3-5-7-13/h3-7,14H,8-11H2,1-2H3,(H,18,23). The highest BCUT2D eigenvalue weighted by Crippen LogP contribution is 2.10. The van der Waals surface area contributed by atoms with Gasteiger partial charge in [0, 0.05) is 20.0 Å². The molecule has 0 aromatic heterocycles. The fraction of sp³-hybridized carbons (Fsp3) is 0.412. The number of nitrogens with one attached hydrogen (secondary N) is 1. The van der Waals surface area contributed by atoms with Gasteiger partial charge in [-0.05, 0) is 5.56 Å². The number of nitrogens with zero attached hydrogens (tertiary/aromatic N) is 2. The maximum atomic E-state index is 12.1. The number of carbonyl (C=O) groups excluding carboxylic acids is 4. The van der Waals surface area contributed by atoms with Crippen LogP contribution in [0.5, 0.6) is 0 Å². The van der Waals surface area contributed by atoms with Crippen molar-refractivity contribution in [2.75, 3.05) is 26.7 Å². The van der Waals surface area contributed by atoms with E-state index >= 15 is 0 Å². The Morgan fingerprint density at radius 3 is 2.46 bits per heavy atom. The third-order valence-electron chi connectivity index (χ3n) is 3.87. The molecule has 0 radical (unpaired) electrons. The van der Waals surface area contributed by atoms with E-state index in [1.807, 2.05) is 18.2 Å². The molecule has 2 rings (SSSR count). The van der Waals surface area contributed by atoms with Gasteiger partial charge in [0.15, 0.2) is 0 Å². The smallest absolute Gasteiger partial charge is 0.408 e. The summed E-state index contributed by atoms with van der Waals surface area (Å²) in [5, 5.41) is 2.40. The molecule has 0 aliphatic carbocycles. The third kappa shape index (κ3) is 4.95. The lowest BCUT2D eigenvalue weighted by Gasteiger charge is -2.22. The molecule has 4 amide bonds. The Balaban J connectivity index is 1.93. The van der Waals surface area contributed by atoms with Crippen LogP contribution in [-0.2, 0) is 25.7 Å². The molecule has 1 atom stereocenters. The van der Waals surface area contributed by atoms with E-state index in [9.17, 15) is 19.2 Å². The van der Waals surface area contributed by atoms with Gasteiger partial charge in [-0.1, -0.05) is 30.3 Å². The Hall–Kier alpha value is -3.10. The van der Waals surface area contributed by atoms with Crippen molar-refractivity contribution in [2.24, 2.45) is 0 Å². The highest BCUT2D eigenvalue weighted by Gasteiger charge is 2.35. The minimum Gasteiger partial charge on any atom is -0.467 e. The average molecular weight is 363 g/mol. The lowest BCUT2D eigenvalue weighted by Crippen LogP contribution is -2.50. The first-order valence-corrected chi connectivity index (χ1v) is 8.04. The summed E-state index contributed by atoms with van der Waals surface area (Å²) in [6.45, 7) is 1.72. The first kappa shape index (κ1) is 19.2. The maximum Gasteiger partial charge on any atom is 0.408 e. The van der Waals surface area contributed by atoms with E-state index < -0.39 is 24.1 Å². The molecule has 0 saturated carbocycles. The summed E-state index contributed by atoms with van der Waals surface area (Å²) in [5.41, 5.74) is 0.795. The molecule has 0 spiro atoms. The molecule has 1 saturated heterocycles. The quantitative estimate of drug-likeness (QED) is 0.748. The van der Waals surface area contributed by atoms with E-state index in [1.165, 1.54) is 18.9 Å². The van der Waals surface area contributed by atoms with Crippen molar-refractivity contribution in [3.05, 3.63) is 35.9 Å². The minimum absolute atomic E-state index is 0.0430. The van der Waals surface area contributed by atoms with Gasteiger partial charge in [-0.15, -0.1) is 0 Å². The van der Waals surface area contributed by atoms with Crippen molar-refractivity contribution < 1.29 is 28.7 Å². The number of alkyl carbamates (subject to hydrolysis) is 1. The van der Waals surface area contributed by atoms with Gasteiger partial charge in [0.05, 0.1) is 13.7 Å². The van der Waals surface area contributed by atoms with Gasteiger partial charge in [0.2, 0.25) is 5.91 Å². The Bertz CT molecular complexity index is 678. The lowest BCUT2D eigenvalue weighted by atomic mass is 10.2. The summed E-state index contributed by atoms with van der Waals surface area (Å²) in [4.78, 5) is 49.8. The Morgan fingerprint density at radius 1 is 1.19 bits per heavy atom. The highest BCUT2D eigenvalue weighted by atomic mass is 16.6. The Labute approximate surface area is 150 Å². The van der Waals surface area contributed by atoms with E-state index in [-0.39, 0.29) is 32.1 Å². The summed E-state index contributed by atoms with van der Waals surface area (Å²) < 4.78 is 9.75. The summed E-state index contributed by atoms with van der Waals surface area (Å²) in [7, 11) is 1.18. The van der Waals surface area contributed by atoms with E-state index in [4.69, 9.17) is 4.74 Å². The molecule has 1 N–H and O–H groups in total. The number of ether oxygens (including phenoxy) is 2. The molecular weight excluding hydrogens is 342 g/mol. The second kappa shape index (κ2) is 8.84. The monoisotopic (exact) mass is 363 g/mol. The average Bonchev–Trinajstić information content (AvgIpc) is 3.00. The molecule has 1 unspecified atom stereocenters. The number of esters is 1. The van der Waals surface area contributed by atoms with Gasteiger partial charge in [-0.2, -0.15) is 0 Å². The predicted molar refractivity (Wildman–Crippen MR) is 89.9 cm³/mol.